The predicted molar refractivity (Wildman–Crippen MR) is 122 cm³/mol. The number of nitrogens with zero attached hydrogens (tertiary/aromatic N) is 3. The summed E-state index contributed by atoms with van der Waals surface area (Å²) < 4.78 is 7.92. The molecule has 1 atom stereocenters. The second kappa shape index (κ2) is 7.44. The molecule has 0 radical (unpaired) electrons. The van der Waals surface area contributed by atoms with Crippen molar-refractivity contribution in [3.05, 3.63) is 71.4 Å². The third kappa shape index (κ3) is 3.04. The van der Waals surface area contributed by atoms with Gasteiger partial charge >= 0.3 is 6.03 Å². The van der Waals surface area contributed by atoms with Gasteiger partial charge in [-0.2, -0.15) is 0 Å². The van der Waals surface area contributed by atoms with E-state index in [2.05, 4.69) is 11.1 Å². The van der Waals surface area contributed by atoms with Crippen molar-refractivity contribution >= 4 is 28.6 Å². The normalized spacial score (nSPS) is 17.6. The summed E-state index contributed by atoms with van der Waals surface area (Å²) >= 11 is 0. The number of carbonyl (C=O) groups excluding carboxylic acids is 2. The van der Waals surface area contributed by atoms with E-state index in [9.17, 15) is 14.7 Å². The summed E-state index contributed by atoms with van der Waals surface area (Å²) in [4.78, 5) is 28.7. The summed E-state index contributed by atoms with van der Waals surface area (Å²) in [5.74, 6) is 0.243. The van der Waals surface area contributed by atoms with Crippen molar-refractivity contribution < 1.29 is 19.4 Å². The van der Waals surface area contributed by atoms with Gasteiger partial charge in [-0.15, -0.1) is 0 Å². The summed E-state index contributed by atoms with van der Waals surface area (Å²) in [6.45, 7) is 7.51. The number of fused-ring (bicyclic) bond motifs is 6. The highest BCUT2D eigenvalue weighted by molar-refractivity contribution is 6.04. The lowest BCUT2D eigenvalue weighted by atomic mass is 9.89. The van der Waals surface area contributed by atoms with E-state index in [1.165, 1.54) is 4.90 Å². The number of hydrogen-bond acceptors (Lipinski definition) is 4. The van der Waals surface area contributed by atoms with Gasteiger partial charge < -0.3 is 19.3 Å². The number of amides is 3. The van der Waals surface area contributed by atoms with E-state index in [4.69, 9.17) is 4.74 Å². The molecule has 1 unspecified atom stereocenters. The average molecular weight is 431 g/mol. The summed E-state index contributed by atoms with van der Waals surface area (Å²) in [6.07, 6.45) is 0. The second-order valence-electron chi connectivity index (χ2n) is 8.32. The maximum Gasteiger partial charge on any atom is 0.326 e. The van der Waals surface area contributed by atoms with Gasteiger partial charge in [0.2, 0.25) is 5.91 Å². The fourth-order valence-electron chi connectivity index (χ4n) is 4.84. The van der Waals surface area contributed by atoms with Crippen LogP contribution in [0.4, 0.5) is 4.79 Å². The largest absolute Gasteiger partial charge is 0.508 e. The van der Waals surface area contributed by atoms with Crippen molar-refractivity contribution in [1.82, 2.24) is 14.4 Å². The van der Waals surface area contributed by atoms with Crippen molar-refractivity contribution in [3.63, 3.8) is 0 Å². The number of ether oxygens (including phenoxy) is 1. The number of benzene rings is 2. The first-order valence-electron chi connectivity index (χ1n) is 10.7. The standard InChI is InChI=1S/C25H25N3O4/c1-4-32-18-9-10-21-19(11-18)23-20-13-27(25(31)26(3)24(20)30)14-22(23)28(21)12-16-5-7-17(8-6-16)15(2)29/h5-11,20,29H,2,4,12-14H2,1,3H3. The lowest BCUT2D eigenvalue weighted by molar-refractivity contribution is -0.132. The van der Waals surface area contributed by atoms with Crippen molar-refractivity contribution in [2.45, 2.75) is 25.9 Å². The Morgan fingerprint density at radius 3 is 2.62 bits per heavy atom. The molecule has 3 aromatic rings. The first kappa shape index (κ1) is 20.2. The number of aliphatic hydroxyl groups excluding tert-OH is 1. The molecule has 3 heterocycles. The van der Waals surface area contributed by atoms with Crippen LogP contribution in [0.25, 0.3) is 16.7 Å². The van der Waals surface area contributed by atoms with E-state index in [1.54, 1.807) is 11.9 Å². The lowest BCUT2D eigenvalue weighted by Gasteiger charge is -2.41. The van der Waals surface area contributed by atoms with Crippen LogP contribution >= 0.6 is 0 Å². The van der Waals surface area contributed by atoms with Crippen LogP contribution in [0.3, 0.4) is 0 Å². The van der Waals surface area contributed by atoms with E-state index in [0.717, 1.165) is 33.5 Å². The molecular formula is C25H25N3O4. The number of aliphatic hydroxyl groups is 1. The molecule has 0 aliphatic carbocycles. The Balaban J connectivity index is 1.67. The molecule has 5 rings (SSSR count). The molecule has 32 heavy (non-hydrogen) atoms. The van der Waals surface area contributed by atoms with Gasteiger partial charge in [0.25, 0.3) is 0 Å². The Hall–Kier alpha value is -3.74. The number of urea groups is 1. The van der Waals surface area contributed by atoms with Crippen LogP contribution in [-0.4, -0.2) is 51.6 Å². The van der Waals surface area contributed by atoms with E-state index < -0.39 is 0 Å². The lowest BCUT2D eigenvalue weighted by Crippen LogP contribution is -2.56. The summed E-state index contributed by atoms with van der Waals surface area (Å²) in [5.41, 5.74) is 4.70. The summed E-state index contributed by atoms with van der Waals surface area (Å²) in [7, 11) is 1.55. The smallest absolute Gasteiger partial charge is 0.326 e. The molecule has 1 N–H and O–H groups in total. The molecule has 2 aliphatic heterocycles. The molecule has 164 valence electrons. The minimum Gasteiger partial charge on any atom is -0.508 e. The van der Waals surface area contributed by atoms with Gasteiger partial charge in [-0.05, 0) is 36.2 Å². The molecule has 2 bridgehead atoms. The Bertz CT molecular complexity index is 1260. The van der Waals surface area contributed by atoms with E-state index in [-0.39, 0.29) is 23.6 Å². The molecule has 2 aliphatic rings. The van der Waals surface area contributed by atoms with Gasteiger partial charge in [-0.3, -0.25) is 9.69 Å². The average Bonchev–Trinajstić information content (AvgIpc) is 3.09. The van der Waals surface area contributed by atoms with Gasteiger partial charge in [0, 0.05) is 42.3 Å². The highest BCUT2D eigenvalue weighted by atomic mass is 16.5. The Morgan fingerprint density at radius 1 is 1.19 bits per heavy atom. The van der Waals surface area contributed by atoms with Crippen molar-refractivity contribution in [1.29, 1.82) is 0 Å². The highest BCUT2D eigenvalue weighted by Crippen LogP contribution is 2.41. The molecule has 1 saturated heterocycles. The number of likely N-dealkylation sites (N-methyl/N-ethyl adjacent to an activating group) is 1. The number of imide groups is 1. The number of rotatable bonds is 5. The molecule has 1 aromatic heterocycles. The summed E-state index contributed by atoms with van der Waals surface area (Å²) in [5, 5.41) is 10.6. The molecule has 0 saturated carbocycles. The Kier molecular flexibility index (Phi) is 4.69. The number of carbonyl (C=O) groups is 2. The minimum atomic E-state index is -0.387. The first-order chi connectivity index (χ1) is 15.4. The van der Waals surface area contributed by atoms with Crippen molar-refractivity contribution in [2.75, 3.05) is 20.2 Å². The van der Waals surface area contributed by atoms with E-state index >= 15 is 0 Å². The van der Waals surface area contributed by atoms with Gasteiger partial charge in [0.05, 0.1) is 19.1 Å². The first-order valence-corrected chi connectivity index (χ1v) is 10.7. The quantitative estimate of drug-likeness (QED) is 0.617. The molecule has 1 fully saturated rings. The van der Waals surface area contributed by atoms with Gasteiger partial charge in [-0.25, -0.2) is 4.79 Å². The summed E-state index contributed by atoms with van der Waals surface area (Å²) in [6, 6.07) is 13.3. The fraction of sp³-hybridized carbons (Fsp3) is 0.280. The molecule has 7 heteroatoms. The zero-order valence-electron chi connectivity index (χ0n) is 18.2. The van der Waals surface area contributed by atoms with Crippen LogP contribution in [0, 0.1) is 0 Å². The van der Waals surface area contributed by atoms with Crippen LogP contribution in [0.1, 0.15) is 35.2 Å². The minimum absolute atomic E-state index is 0.0329. The molecule has 2 aromatic carbocycles. The number of aromatic nitrogens is 1. The van der Waals surface area contributed by atoms with Crippen LogP contribution in [0.15, 0.2) is 49.0 Å². The van der Waals surface area contributed by atoms with Crippen molar-refractivity contribution in [3.8, 4) is 5.75 Å². The van der Waals surface area contributed by atoms with Crippen LogP contribution in [0.2, 0.25) is 0 Å². The number of hydrogen-bond donors (Lipinski definition) is 1. The van der Waals surface area contributed by atoms with Gasteiger partial charge in [-0.1, -0.05) is 30.8 Å². The maximum atomic E-state index is 13.0. The highest BCUT2D eigenvalue weighted by Gasteiger charge is 2.44. The SMILES string of the molecule is C=C(O)c1ccc(Cn2c3c(c4cc(OCC)ccc42)C2CN(C3)C(=O)N(C)C2=O)cc1. The van der Waals surface area contributed by atoms with Crippen LogP contribution in [0.5, 0.6) is 5.75 Å². The zero-order valence-corrected chi connectivity index (χ0v) is 18.2. The Labute approximate surface area is 186 Å². The van der Waals surface area contributed by atoms with Gasteiger partial charge in [0.15, 0.2) is 0 Å². The third-order valence-corrected chi connectivity index (χ3v) is 6.40. The Morgan fingerprint density at radius 2 is 1.94 bits per heavy atom. The third-order valence-electron chi connectivity index (χ3n) is 6.40. The molecule has 3 amide bonds. The second-order valence-corrected chi connectivity index (χ2v) is 8.32. The monoisotopic (exact) mass is 431 g/mol. The molecular weight excluding hydrogens is 406 g/mol. The van der Waals surface area contributed by atoms with E-state index in [0.29, 0.717) is 31.8 Å². The van der Waals surface area contributed by atoms with Crippen LogP contribution in [-0.2, 0) is 17.9 Å². The van der Waals surface area contributed by atoms with E-state index in [1.807, 2.05) is 49.4 Å². The maximum absolute atomic E-state index is 13.0. The molecule has 0 spiro atoms. The van der Waals surface area contributed by atoms with Crippen molar-refractivity contribution in [2.24, 2.45) is 0 Å². The topological polar surface area (TPSA) is 75.0 Å². The zero-order chi connectivity index (χ0) is 22.6. The fourth-order valence-corrected chi connectivity index (χ4v) is 4.84. The predicted octanol–water partition coefficient (Wildman–Crippen LogP) is 4.11. The van der Waals surface area contributed by atoms with Crippen LogP contribution < -0.4 is 4.74 Å². The molecule has 7 nitrogen and oxygen atoms in total. The van der Waals surface area contributed by atoms with Gasteiger partial charge in [0.1, 0.15) is 11.5 Å².